The van der Waals surface area contributed by atoms with E-state index >= 15 is 0 Å². The number of nitrogens with zero attached hydrogens (tertiary/aromatic N) is 3. The molecule has 0 radical (unpaired) electrons. The Bertz CT molecular complexity index is 1030. The Morgan fingerprint density at radius 3 is 2.42 bits per heavy atom. The van der Waals surface area contributed by atoms with Gasteiger partial charge in [0.05, 0.1) is 5.69 Å². The molecule has 0 atom stereocenters. The Morgan fingerprint density at radius 1 is 0.885 bits per heavy atom. The van der Waals surface area contributed by atoms with Crippen molar-refractivity contribution in [3.63, 3.8) is 0 Å². The number of hydrogen-bond acceptors (Lipinski definition) is 4. The van der Waals surface area contributed by atoms with Gasteiger partial charge in [-0.1, -0.05) is 42.5 Å². The molecule has 2 heterocycles. The summed E-state index contributed by atoms with van der Waals surface area (Å²) in [5, 5.41) is 10.2. The molecule has 0 aliphatic rings. The maximum Gasteiger partial charge on any atom is 0.255 e. The Labute approximate surface area is 150 Å². The van der Waals surface area contributed by atoms with E-state index in [1.807, 2.05) is 54.6 Å². The van der Waals surface area contributed by atoms with Gasteiger partial charge in [-0.2, -0.15) is 5.10 Å². The number of aromatic amines is 1. The minimum absolute atomic E-state index is 0.206. The molecule has 0 unspecified atom stereocenters. The number of amides is 1. The van der Waals surface area contributed by atoms with Crippen LogP contribution in [-0.4, -0.2) is 26.1 Å². The molecule has 0 aliphatic heterocycles. The quantitative estimate of drug-likeness (QED) is 0.591. The van der Waals surface area contributed by atoms with Crippen molar-refractivity contribution in [2.75, 3.05) is 5.32 Å². The second kappa shape index (κ2) is 6.98. The van der Waals surface area contributed by atoms with Crippen LogP contribution in [0.3, 0.4) is 0 Å². The summed E-state index contributed by atoms with van der Waals surface area (Å²) in [6.07, 6.45) is 3.17. The van der Waals surface area contributed by atoms with Gasteiger partial charge in [0.1, 0.15) is 0 Å². The number of benzene rings is 2. The molecular weight excluding hydrogens is 326 g/mol. The summed E-state index contributed by atoms with van der Waals surface area (Å²) in [6, 6.07) is 20.5. The third-order valence-electron chi connectivity index (χ3n) is 3.89. The minimum atomic E-state index is -0.206. The number of rotatable bonds is 4. The Morgan fingerprint density at radius 2 is 1.62 bits per heavy atom. The Hall–Kier alpha value is -3.80. The molecule has 4 aromatic rings. The SMILES string of the molecule is O=C(Nc1ccccc1-c1nc(-c2ccccc2)n[nH]1)c1ccncc1. The van der Waals surface area contributed by atoms with Crippen molar-refractivity contribution in [2.45, 2.75) is 0 Å². The average Bonchev–Trinajstić information content (AvgIpc) is 3.20. The van der Waals surface area contributed by atoms with Crippen molar-refractivity contribution in [1.29, 1.82) is 0 Å². The maximum absolute atomic E-state index is 12.4. The smallest absolute Gasteiger partial charge is 0.255 e. The summed E-state index contributed by atoms with van der Waals surface area (Å²) in [6.45, 7) is 0. The van der Waals surface area contributed by atoms with Gasteiger partial charge in [0.2, 0.25) is 0 Å². The molecule has 0 saturated heterocycles. The second-order valence-electron chi connectivity index (χ2n) is 5.61. The highest BCUT2D eigenvalue weighted by atomic mass is 16.1. The van der Waals surface area contributed by atoms with E-state index in [4.69, 9.17) is 0 Å². The lowest BCUT2D eigenvalue weighted by Crippen LogP contribution is -2.12. The van der Waals surface area contributed by atoms with Crippen molar-refractivity contribution in [2.24, 2.45) is 0 Å². The van der Waals surface area contributed by atoms with Crippen LogP contribution in [0.2, 0.25) is 0 Å². The third-order valence-corrected chi connectivity index (χ3v) is 3.89. The fourth-order valence-electron chi connectivity index (χ4n) is 2.59. The highest BCUT2D eigenvalue weighted by molar-refractivity contribution is 6.05. The first-order valence-corrected chi connectivity index (χ1v) is 8.10. The predicted octanol–water partition coefficient (Wildman–Crippen LogP) is 3.79. The van der Waals surface area contributed by atoms with Gasteiger partial charge in [-0.05, 0) is 24.3 Å². The summed E-state index contributed by atoms with van der Waals surface area (Å²) in [4.78, 5) is 20.9. The summed E-state index contributed by atoms with van der Waals surface area (Å²) in [5.74, 6) is 0.994. The van der Waals surface area contributed by atoms with Gasteiger partial charge in [-0.15, -0.1) is 0 Å². The molecule has 0 spiro atoms. The zero-order valence-electron chi connectivity index (χ0n) is 13.8. The molecule has 126 valence electrons. The number of carbonyl (C=O) groups excluding carboxylic acids is 1. The number of para-hydroxylation sites is 1. The van der Waals surface area contributed by atoms with Crippen molar-refractivity contribution < 1.29 is 4.79 Å². The highest BCUT2D eigenvalue weighted by Gasteiger charge is 2.13. The number of pyridine rings is 1. The number of carbonyl (C=O) groups is 1. The van der Waals surface area contributed by atoms with E-state index in [0.29, 0.717) is 22.9 Å². The number of hydrogen-bond donors (Lipinski definition) is 2. The molecule has 2 aromatic carbocycles. The standard InChI is InChI=1S/C20H15N5O/c26-20(15-10-12-21-13-11-15)22-17-9-5-4-8-16(17)19-23-18(24-25-19)14-6-2-1-3-7-14/h1-13H,(H,22,26)(H,23,24,25). The fourth-order valence-corrected chi connectivity index (χ4v) is 2.59. The molecular formula is C20H15N5O. The van der Waals surface area contributed by atoms with Gasteiger partial charge >= 0.3 is 0 Å². The molecule has 0 fully saturated rings. The number of aromatic nitrogens is 4. The van der Waals surface area contributed by atoms with Crippen LogP contribution in [0.5, 0.6) is 0 Å². The maximum atomic E-state index is 12.4. The van der Waals surface area contributed by atoms with E-state index < -0.39 is 0 Å². The molecule has 0 aliphatic carbocycles. The lowest BCUT2D eigenvalue weighted by atomic mass is 10.1. The molecule has 2 aromatic heterocycles. The third kappa shape index (κ3) is 3.21. The highest BCUT2D eigenvalue weighted by Crippen LogP contribution is 2.27. The summed E-state index contributed by atoms with van der Waals surface area (Å²) >= 11 is 0. The largest absolute Gasteiger partial charge is 0.321 e. The van der Waals surface area contributed by atoms with E-state index in [9.17, 15) is 4.79 Å². The van der Waals surface area contributed by atoms with Crippen LogP contribution < -0.4 is 5.32 Å². The van der Waals surface area contributed by atoms with Crippen LogP contribution in [-0.2, 0) is 0 Å². The molecule has 2 N–H and O–H groups in total. The van der Waals surface area contributed by atoms with E-state index in [1.54, 1.807) is 24.5 Å². The van der Waals surface area contributed by atoms with Crippen LogP contribution in [0.4, 0.5) is 5.69 Å². The molecule has 6 heteroatoms. The first kappa shape index (κ1) is 15.7. The summed E-state index contributed by atoms with van der Waals surface area (Å²) in [7, 11) is 0. The van der Waals surface area contributed by atoms with Crippen molar-refractivity contribution >= 4 is 11.6 Å². The first-order chi connectivity index (χ1) is 12.8. The lowest BCUT2D eigenvalue weighted by molar-refractivity contribution is 0.102. The molecule has 6 nitrogen and oxygen atoms in total. The van der Waals surface area contributed by atoms with E-state index in [0.717, 1.165) is 11.1 Å². The average molecular weight is 341 g/mol. The Kier molecular flexibility index (Phi) is 4.22. The normalized spacial score (nSPS) is 10.5. The fraction of sp³-hybridized carbons (Fsp3) is 0. The summed E-state index contributed by atoms with van der Waals surface area (Å²) in [5.41, 5.74) is 2.89. The minimum Gasteiger partial charge on any atom is -0.321 e. The van der Waals surface area contributed by atoms with Gasteiger partial charge in [0, 0.05) is 29.1 Å². The predicted molar refractivity (Wildman–Crippen MR) is 99.4 cm³/mol. The molecule has 0 bridgehead atoms. The lowest BCUT2D eigenvalue weighted by Gasteiger charge is -2.09. The molecule has 1 amide bonds. The molecule has 26 heavy (non-hydrogen) atoms. The van der Waals surface area contributed by atoms with Crippen LogP contribution >= 0.6 is 0 Å². The van der Waals surface area contributed by atoms with Crippen molar-refractivity contribution in [1.82, 2.24) is 20.2 Å². The zero-order chi connectivity index (χ0) is 17.8. The van der Waals surface area contributed by atoms with Gasteiger partial charge in [-0.25, -0.2) is 4.98 Å². The van der Waals surface area contributed by atoms with Crippen molar-refractivity contribution in [3.05, 3.63) is 84.7 Å². The van der Waals surface area contributed by atoms with Crippen molar-refractivity contribution in [3.8, 4) is 22.8 Å². The van der Waals surface area contributed by atoms with Gasteiger partial charge in [0.15, 0.2) is 11.6 Å². The van der Waals surface area contributed by atoms with Crippen LogP contribution in [0.15, 0.2) is 79.1 Å². The summed E-state index contributed by atoms with van der Waals surface area (Å²) < 4.78 is 0. The number of anilines is 1. The van der Waals surface area contributed by atoms with Gasteiger partial charge < -0.3 is 5.32 Å². The van der Waals surface area contributed by atoms with Crippen LogP contribution in [0.1, 0.15) is 10.4 Å². The monoisotopic (exact) mass is 341 g/mol. The zero-order valence-corrected chi connectivity index (χ0v) is 13.8. The second-order valence-corrected chi connectivity index (χ2v) is 5.61. The van der Waals surface area contributed by atoms with Gasteiger partial charge in [0.25, 0.3) is 5.91 Å². The van der Waals surface area contributed by atoms with Crippen LogP contribution in [0, 0.1) is 0 Å². The Balaban J connectivity index is 1.64. The molecule has 4 rings (SSSR count). The topological polar surface area (TPSA) is 83.6 Å². The number of nitrogens with one attached hydrogen (secondary N) is 2. The van der Waals surface area contributed by atoms with Gasteiger partial charge in [-0.3, -0.25) is 14.9 Å². The van der Waals surface area contributed by atoms with E-state index in [-0.39, 0.29) is 5.91 Å². The van der Waals surface area contributed by atoms with E-state index in [2.05, 4.69) is 25.5 Å². The van der Waals surface area contributed by atoms with Crippen LogP contribution in [0.25, 0.3) is 22.8 Å². The number of H-pyrrole nitrogens is 1. The first-order valence-electron chi connectivity index (χ1n) is 8.10. The molecule has 0 saturated carbocycles. The van der Waals surface area contributed by atoms with E-state index in [1.165, 1.54) is 0 Å².